The van der Waals surface area contributed by atoms with E-state index in [0.717, 1.165) is 6.42 Å². The van der Waals surface area contributed by atoms with Crippen LogP contribution in [0, 0.1) is 6.08 Å². The number of hydrogen-bond donors (Lipinski definition) is 0. The van der Waals surface area contributed by atoms with Crippen molar-refractivity contribution in [3.05, 3.63) is 78.4 Å². The van der Waals surface area contributed by atoms with Crippen LogP contribution < -0.4 is 24.8 Å². The number of halogens is 2. The van der Waals surface area contributed by atoms with Gasteiger partial charge in [0.1, 0.15) is 0 Å². The van der Waals surface area contributed by atoms with Crippen LogP contribution in [0.25, 0.3) is 16.5 Å². The Hall–Kier alpha value is -1.02. The van der Waals surface area contributed by atoms with E-state index in [1.54, 1.807) is 6.20 Å². The van der Waals surface area contributed by atoms with Crippen LogP contribution in [0.5, 0.6) is 0 Å². The second-order valence-electron chi connectivity index (χ2n) is 5.21. The molecule has 0 atom stereocenters. The van der Waals surface area contributed by atoms with Crippen molar-refractivity contribution < 1.29 is 51.0 Å². The minimum absolute atomic E-state index is 0. The first-order valence-corrected chi connectivity index (χ1v) is 7.12. The fourth-order valence-corrected chi connectivity index (χ4v) is 2.34. The van der Waals surface area contributed by atoms with Crippen LogP contribution in [0.4, 0.5) is 0 Å². The number of benzene rings is 1. The van der Waals surface area contributed by atoms with Crippen molar-refractivity contribution in [1.29, 1.82) is 0 Å². The first-order valence-electron chi connectivity index (χ1n) is 7.12. The number of allylic oxidation sites excluding steroid dienone is 4. The number of fused-ring (bicyclic) bond motifs is 1. The third-order valence-electron chi connectivity index (χ3n) is 3.77. The second kappa shape index (κ2) is 10.8. The molecular weight excluding hydrogens is 418 g/mol. The SMILES string of the molecule is CC1=[C-]CC=C1C.[Cl-].[Cl-].[Zr+4].c1ccc2[cH-]c(-n3ccnc3)cc2c1. The summed E-state index contributed by atoms with van der Waals surface area (Å²) in [6, 6.07) is 12.7. The molecule has 0 amide bonds. The van der Waals surface area contributed by atoms with E-state index in [4.69, 9.17) is 0 Å². The zero-order valence-corrected chi connectivity index (χ0v) is 17.6. The van der Waals surface area contributed by atoms with Gasteiger partial charge in [-0.25, -0.2) is 16.1 Å². The van der Waals surface area contributed by atoms with Gasteiger partial charge in [-0.05, 0) is 5.69 Å². The molecule has 5 heteroatoms. The largest absolute Gasteiger partial charge is 4.00 e. The topological polar surface area (TPSA) is 17.8 Å². The molecule has 4 rings (SSSR count). The molecule has 0 saturated carbocycles. The molecule has 1 heterocycles. The van der Waals surface area contributed by atoms with Gasteiger partial charge in [0.05, 0.1) is 6.33 Å². The van der Waals surface area contributed by atoms with E-state index in [1.165, 1.54) is 27.6 Å². The van der Waals surface area contributed by atoms with E-state index < -0.39 is 0 Å². The summed E-state index contributed by atoms with van der Waals surface area (Å²) in [5.74, 6) is 0. The normalized spacial score (nSPS) is 11.9. The number of imidazole rings is 1. The summed E-state index contributed by atoms with van der Waals surface area (Å²) in [5.41, 5.74) is 3.88. The van der Waals surface area contributed by atoms with Crippen molar-refractivity contribution in [2.45, 2.75) is 20.3 Å². The van der Waals surface area contributed by atoms with E-state index >= 15 is 0 Å². The fourth-order valence-electron chi connectivity index (χ4n) is 2.34. The minimum Gasteiger partial charge on any atom is -1.00 e. The van der Waals surface area contributed by atoms with Gasteiger partial charge in [-0.1, -0.05) is 13.0 Å². The predicted octanol–water partition coefficient (Wildman–Crippen LogP) is -1.16. The maximum Gasteiger partial charge on any atom is 4.00 e. The zero-order chi connectivity index (χ0) is 14.7. The minimum atomic E-state index is 0. The molecule has 0 bridgehead atoms. The van der Waals surface area contributed by atoms with Crippen LogP contribution in [0.1, 0.15) is 20.3 Å². The number of nitrogens with zero attached hydrogens (tertiary/aromatic N) is 2. The van der Waals surface area contributed by atoms with E-state index in [9.17, 15) is 0 Å². The van der Waals surface area contributed by atoms with E-state index in [-0.39, 0.29) is 51.0 Å². The van der Waals surface area contributed by atoms with Crippen molar-refractivity contribution in [3.63, 3.8) is 0 Å². The van der Waals surface area contributed by atoms with E-state index in [2.05, 4.69) is 67.4 Å². The quantitative estimate of drug-likeness (QED) is 0.440. The first kappa shape index (κ1) is 23.0. The number of aromatic nitrogens is 2. The van der Waals surface area contributed by atoms with Crippen molar-refractivity contribution in [2.75, 3.05) is 0 Å². The third kappa shape index (κ3) is 5.51. The molecule has 0 saturated heterocycles. The van der Waals surface area contributed by atoms with Crippen molar-refractivity contribution in [1.82, 2.24) is 9.55 Å². The summed E-state index contributed by atoms with van der Waals surface area (Å²) in [6.45, 7) is 4.22. The third-order valence-corrected chi connectivity index (χ3v) is 3.77. The summed E-state index contributed by atoms with van der Waals surface area (Å²) in [6.07, 6.45) is 12.0. The Morgan fingerprint density at radius 3 is 2.42 bits per heavy atom. The Morgan fingerprint density at radius 1 is 1.17 bits per heavy atom. The van der Waals surface area contributed by atoms with Gasteiger partial charge < -0.3 is 29.4 Å². The fraction of sp³-hybridized carbons (Fsp3) is 0.158. The van der Waals surface area contributed by atoms with Gasteiger partial charge in [-0.3, -0.25) is 6.08 Å². The van der Waals surface area contributed by atoms with E-state index in [0.29, 0.717) is 0 Å². The Labute approximate surface area is 175 Å². The first-order chi connectivity index (χ1) is 10.2. The molecule has 1 aromatic heterocycles. The summed E-state index contributed by atoms with van der Waals surface area (Å²) in [7, 11) is 0. The van der Waals surface area contributed by atoms with Crippen molar-refractivity contribution in [3.8, 4) is 5.69 Å². The Balaban J connectivity index is 0.000000463. The Bertz CT molecular complexity index is 753. The summed E-state index contributed by atoms with van der Waals surface area (Å²) in [5, 5.41) is 2.55. The van der Waals surface area contributed by atoms with Gasteiger partial charge in [-0.15, -0.1) is 54.4 Å². The standard InChI is InChI=1S/C12H9N2.C7H9.2ClH.Zr/c1-2-4-11-8-12(7-10(11)3-1)14-6-5-13-9-14;1-6-4-3-5-7(6)2;;;/h1-9H;4H,3H2,1-2H3;2*1H;/q2*-1;;;+4/p-2. The Morgan fingerprint density at radius 2 is 1.92 bits per heavy atom. The molecule has 24 heavy (non-hydrogen) atoms. The number of hydrogen-bond acceptors (Lipinski definition) is 1. The molecule has 0 radical (unpaired) electrons. The molecule has 122 valence electrons. The van der Waals surface area contributed by atoms with Crippen molar-refractivity contribution >= 4 is 10.8 Å². The van der Waals surface area contributed by atoms with Gasteiger partial charge in [0.2, 0.25) is 0 Å². The molecule has 2 aromatic carbocycles. The molecule has 1 aliphatic carbocycles. The monoisotopic (exact) mass is 434 g/mol. The smallest absolute Gasteiger partial charge is 1.00 e. The zero-order valence-electron chi connectivity index (χ0n) is 13.6. The van der Waals surface area contributed by atoms with Crippen LogP contribution in [0.2, 0.25) is 0 Å². The van der Waals surface area contributed by atoms with Crippen LogP contribution in [0.3, 0.4) is 0 Å². The molecular formula is C19H18Cl2N2Zr. The summed E-state index contributed by atoms with van der Waals surface area (Å²) >= 11 is 0. The van der Waals surface area contributed by atoms with Crippen molar-refractivity contribution in [2.24, 2.45) is 0 Å². The second-order valence-corrected chi connectivity index (χ2v) is 5.21. The molecule has 0 unspecified atom stereocenters. The molecule has 0 fully saturated rings. The predicted molar refractivity (Wildman–Crippen MR) is 87.5 cm³/mol. The van der Waals surface area contributed by atoms with Crippen LogP contribution in [-0.4, -0.2) is 9.55 Å². The van der Waals surface area contributed by atoms with Crippen LogP contribution in [-0.2, 0) is 26.2 Å². The van der Waals surface area contributed by atoms with Gasteiger partial charge in [0.15, 0.2) is 0 Å². The Kier molecular flexibility index (Phi) is 10.3. The van der Waals surface area contributed by atoms with Crippen LogP contribution >= 0.6 is 0 Å². The summed E-state index contributed by atoms with van der Waals surface area (Å²) in [4.78, 5) is 4.03. The average Bonchev–Trinajstić information content (AvgIpc) is 3.21. The van der Waals surface area contributed by atoms with E-state index in [1.807, 2.05) is 17.1 Å². The van der Waals surface area contributed by atoms with Crippen LogP contribution in [0.15, 0.2) is 72.3 Å². The maximum absolute atomic E-state index is 4.03. The molecule has 0 spiro atoms. The molecule has 2 nitrogen and oxygen atoms in total. The maximum atomic E-state index is 4.03. The molecule has 1 aliphatic rings. The molecule has 3 aromatic rings. The van der Waals surface area contributed by atoms with Gasteiger partial charge >= 0.3 is 26.2 Å². The van der Waals surface area contributed by atoms with Gasteiger partial charge in [-0.2, -0.15) is 6.08 Å². The van der Waals surface area contributed by atoms with Gasteiger partial charge in [0, 0.05) is 12.4 Å². The molecule has 0 N–H and O–H groups in total. The summed E-state index contributed by atoms with van der Waals surface area (Å²) < 4.78 is 2.01. The van der Waals surface area contributed by atoms with Gasteiger partial charge in [0.25, 0.3) is 0 Å². The molecule has 0 aliphatic heterocycles. The number of rotatable bonds is 1. The average molecular weight is 436 g/mol.